The summed E-state index contributed by atoms with van der Waals surface area (Å²) in [6, 6.07) is -0.478. The fourth-order valence-corrected chi connectivity index (χ4v) is 1.20. The quantitative estimate of drug-likeness (QED) is 0.639. The summed E-state index contributed by atoms with van der Waals surface area (Å²) in [5.74, 6) is -0.812. The van der Waals surface area contributed by atoms with E-state index in [0.29, 0.717) is 6.54 Å². The number of hydrogen-bond donors (Lipinski definition) is 2. The zero-order valence-electron chi connectivity index (χ0n) is 7.25. The Morgan fingerprint density at radius 2 is 2.58 bits per heavy atom. The van der Waals surface area contributed by atoms with Crippen LogP contribution in [-0.2, 0) is 9.53 Å². The van der Waals surface area contributed by atoms with Gasteiger partial charge >= 0.3 is 5.97 Å². The molecule has 1 fully saturated rings. The van der Waals surface area contributed by atoms with Crippen molar-refractivity contribution in [2.45, 2.75) is 31.9 Å². The van der Waals surface area contributed by atoms with Crippen LogP contribution in [0.4, 0.5) is 0 Å². The van der Waals surface area contributed by atoms with Crippen molar-refractivity contribution in [2.24, 2.45) is 0 Å². The molecule has 0 aliphatic carbocycles. The van der Waals surface area contributed by atoms with Gasteiger partial charge in [0.25, 0.3) is 0 Å². The van der Waals surface area contributed by atoms with Crippen molar-refractivity contribution >= 4 is 5.97 Å². The van der Waals surface area contributed by atoms with Crippen molar-refractivity contribution in [3.63, 3.8) is 0 Å². The van der Waals surface area contributed by atoms with Gasteiger partial charge in [0.05, 0.1) is 6.10 Å². The smallest absolute Gasteiger partial charge is 0.320 e. The number of rotatable bonds is 4. The van der Waals surface area contributed by atoms with E-state index in [2.05, 4.69) is 5.32 Å². The van der Waals surface area contributed by atoms with Gasteiger partial charge < -0.3 is 15.2 Å². The van der Waals surface area contributed by atoms with Crippen molar-refractivity contribution in [3.05, 3.63) is 0 Å². The average molecular weight is 173 g/mol. The van der Waals surface area contributed by atoms with Crippen LogP contribution in [0.2, 0.25) is 0 Å². The van der Waals surface area contributed by atoms with Gasteiger partial charge in [0, 0.05) is 13.2 Å². The van der Waals surface area contributed by atoms with Crippen LogP contribution in [-0.4, -0.2) is 36.4 Å². The molecule has 12 heavy (non-hydrogen) atoms. The Bertz CT molecular complexity index is 154. The predicted molar refractivity (Wildman–Crippen MR) is 44.1 cm³/mol. The maximum Gasteiger partial charge on any atom is 0.320 e. The second-order valence-corrected chi connectivity index (χ2v) is 3.10. The molecule has 4 heteroatoms. The van der Waals surface area contributed by atoms with Crippen molar-refractivity contribution in [3.8, 4) is 0 Å². The third kappa shape index (κ3) is 2.79. The second kappa shape index (κ2) is 4.42. The lowest BCUT2D eigenvalue weighted by Gasteiger charge is -2.13. The standard InChI is InChI=1S/C8H15NO3/c1-6(8(10)11)9-5-7-3-2-4-12-7/h6-7,9H,2-5H2,1H3,(H,10,11)/t6-,7+/m1/s1. The minimum atomic E-state index is -0.812. The first-order valence-corrected chi connectivity index (χ1v) is 4.28. The lowest BCUT2D eigenvalue weighted by atomic mass is 10.2. The fraction of sp³-hybridized carbons (Fsp3) is 0.875. The molecule has 2 N–H and O–H groups in total. The van der Waals surface area contributed by atoms with Crippen molar-refractivity contribution in [2.75, 3.05) is 13.2 Å². The van der Waals surface area contributed by atoms with E-state index in [-0.39, 0.29) is 6.10 Å². The zero-order chi connectivity index (χ0) is 8.97. The molecule has 70 valence electrons. The minimum Gasteiger partial charge on any atom is -0.480 e. The molecular formula is C8H15NO3. The average Bonchev–Trinajstić information content (AvgIpc) is 2.51. The molecular weight excluding hydrogens is 158 g/mol. The van der Waals surface area contributed by atoms with Crippen LogP contribution in [0.3, 0.4) is 0 Å². The monoisotopic (exact) mass is 173 g/mol. The predicted octanol–water partition coefficient (Wildman–Crippen LogP) is 0.228. The molecule has 0 amide bonds. The van der Waals surface area contributed by atoms with E-state index in [1.165, 1.54) is 0 Å². The molecule has 2 atom stereocenters. The molecule has 4 nitrogen and oxygen atoms in total. The highest BCUT2D eigenvalue weighted by Crippen LogP contribution is 2.10. The molecule has 0 bridgehead atoms. The molecule has 1 aliphatic heterocycles. The highest BCUT2D eigenvalue weighted by molar-refractivity contribution is 5.72. The van der Waals surface area contributed by atoms with Gasteiger partial charge in [-0.25, -0.2) is 0 Å². The summed E-state index contributed by atoms with van der Waals surface area (Å²) < 4.78 is 5.33. The van der Waals surface area contributed by atoms with Gasteiger partial charge in [-0.05, 0) is 19.8 Å². The minimum absolute atomic E-state index is 0.215. The van der Waals surface area contributed by atoms with E-state index in [9.17, 15) is 4.79 Å². The SMILES string of the molecule is C[C@@H](NC[C@@H]1CCCO1)C(=O)O. The van der Waals surface area contributed by atoms with Crippen LogP contribution < -0.4 is 5.32 Å². The molecule has 0 saturated carbocycles. The molecule has 0 radical (unpaired) electrons. The number of carbonyl (C=O) groups is 1. The first kappa shape index (κ1) is 9.48. The lowest BCUT2D eigenvalue weighted by molar-refractivity contribution is -0.139. The van der Waals surface area contributed by atoms with Crippen LogP contribution in [0.25, 0.3) is 0 Å². The largest absolute Gasteiger partial charge is 0.480 e. The van der Waals surface area contributed by atoms with Crippen LogP contribution in [0.1, 0.15) is 19.8 Å². The summed E-state index contributed by atoms with van der Waals surface area (Å²) >= 11 is 0. The van der Waals surface area contributed by atoms with E-state index >= 15 is 0 Å². The first-order valence-electron chi connectivity index (χ1n) is 4.28. The topological polar surface area (TPSA) is 58.6 Å². The van der Waals surface area contributed by atoms with Crippen molar-refractivity contribution in [1.29, 1.82) is 0 Å². The van der Waals surface area contributed by atoms with E-state index in [1.54, 1.807) is 6.92 Å². The Morgan fingerprint density at radius 1 is 1.83 bits per heavy atom. The number of ether oxygens (including phenoxy) is 1. The molecule has 0 spiro atoms. The Labute approximate surface area is 71.9 Å². The summed E-state index contributed by atoms with van der Waals surface area (Å²) in [4.78, 5) is 10.4. The van der Waals surface area contributed by atoms with Gasteiger partial charge in [-0.3, -0.25) is 4.79 Å². The Balaban J connectivity index is 2.11. The fourth-order valence-electron chi connectivity index (χ4n) is 1.20. The summed E-state index contributed by atoms with van der Waals surface area (Å²) in [6.45, 7) is 3.10. The van der Waals surface area contributed by atoms with Gasteiger partial charge in [-0.1, -0.05) is 0 Å². The maximum absolute atomic E-state index is 10.4. The molecule has 1 aliphatic rings. The number of aliphatic carboxylic acids is 1. The molecule has 0 aromatic rings. The Morgan fingerprint density at radius 3 is 3.08 bits per heavy atom. The Kier molecular flexibility index (Phi) is 3.49. The molecule has 0 unspecified atom stereocenters. The third-order valence-electron chi connectivity index (χ3n) is 2.05. The lowest BCUT2D eigenvalue weighted by Crippen LogP contribution is -2.38. The third-order valence-corrected chi connectivity index (χ3v) is 2.05. The van der Waals surface area contributed by atoms with Crippen molar-refractivity contribution in [1.82, 2.24) is 5.32 Å². The Hall–Kier alpha value is -0.610. The zero-order valence-corrected chi connectivity index (χ0v) is 7.25. The van der Waals surface area contributed by atoms with Crippen LogP contribution >= 0.6 is 0 Å². The molecule has 0 aromatic carbocycles. The highest BCUT2D eigenvalue weighted by Gasteiger charge is 2.17. The number of carboxylic acid groups (broad SMARTS) is 1. The number of hydrogen-bond acceptors (Lipinski definition) is 3. The van der Waals surface area contributed by atoms with Crippen molar-refractivity contribution < 1.29 is 14.6 Å². The van der Waals surface area contributed by atoms with Gasteiger partial charge in [-0.2, -0.15) is 0 Å². The molecule has 0 aromatic heterocycles. The van der Waals surface area contributed by atoms with Crippen LogP contribution in [0.5, 0.6) is 0 Å². The maximum atomic E-state index is 10.4. The van der Waals surface area contributed by atoms with Crippen LogP contribution in [0, 0.1) is 0 Å². The summed E-state index contributed by atoms with van der Waals surface area (Å²) in [5.41, 5.74) is 0. The molecule has 1 saturated heterocycles. The first-order chi connectivity index (χ1) is 5.70. The van der Waals surface area contributed by atoms with E-state index in [1.807, 2.05) is 0 Å². The molecule has 1 heterocycles. The van der Waals surface area contributed by atoms with Gasteiger partial charge in [0.1, 0.15) is 6.04 Å². The highest BCUT2D eigenvalue weighted by atomic mass is 16.5. The van der Waals surface area contributed by atoms with E-state index in [0.717, 1.165) is 19.4 Å². The number of carboxylic acids is 1. The van der Waals surface area contributed by atoms with E-state index in [4.69, 9.17) is 9.84 Å². The normalized spacial score (nSPS) is 25.6. The van der Waals surface area contributed by atoms with Crippen LogP contribution in [0.15, 0.2) is 0 Å². The summed E-state index contributed by atoms with van der Waals surface area (Å²) in [5, 5.41) is 11.5. The number of nitrogens with one attached hydrogen (secondary N) is 1. The van der Waals surface area contributed by atoms with Gasteiger partial charge in [0.2, 0.25) is 0 Å². The van der Waals surface area contributed by atoms with E-state index < -0.39 is 12.0 Å². The summed E-state index contributed by atoms with van der Waals surface area (Å²) in [6.07, 6.45) is 2.35. The van der Waals surface area contributed by atoms with Gasteiger partial charge in [-0.15, -0.1) is 0 Å². The second-order valence-electron chi connectivity index (χ2n) is 3.10. The molecule has 1 rings (SSSR count). The van der Waals surface area contributed by atoms with Gasteiger partial charge in [0.15, 0.2) is 0 Å². The summed E-state index contributed by atoms with van der Waals surface area (Å²) in [7, 11) is 0.